The summed E-state index contributed by atoms with van der Waals surface area (Å²) < 4.78 is 1.35. The van der Waals surface area contributed by atoms with Gasteiger partial charge in [-0.1, -0.05) is 18.7 Å². The van der Waals surface area contributed by atoms with Gasteiger partial charge in [-0.05, 0) is 5.75 Å². The average Bonchev–Trinajstić information content (AvgIpc) is 2.60. The molecule has 0 atom stereocenters. The van der Waals surface area contributed by atoms with E-state index in [9.17, 15) is 4.79 Å². The molecule has 1 fully saturated rings. The topological polar surface area (TPSA) is 67.2 Å². The highest BCUT2D eigenvalue weighted by Gasteiger charge is 2.18. The average molecular weight is 346 g/mol. The van der Waals surface area contributed by atoms with Crippen molar-refractivity contribution in [3.63, 3.8) is 0 Å². The molecule has 0 bridgehead atoms. The molecular weight excluding hydrogens is 324 g/mol. The van der Waals surface area contributed by atoms with Crippen molar-refractivity contribution < 1.29 is 0 Å². The summed E-state index contributed by atoms with van der Waals surface area (Å²) in [6, 6.07) is 1.65. The number of aromatic nitrogens is 4. The summed E-state index contributed by atoms with van der Waals surface area (Å²) in [4.78, 5) is 25.1. The maximum Gasteiger partial charge on any atom is 0.268 e. The van der Waals surface area contributed by atoms with Gasteiger partial charge in [0.15, 0.2) is 5.16 Å². The van der Waals surface area contributed by atoms with Crippen LogP contribution in [0, 0.1) is 0 Å². The van der Waals surface area contributed by atoms with E-state index >= 15 is 0 Å². The molecule has 0 aliphatic carbocycles. The number of piperazine rings is 1. The molecule has 1 aliphatic heterocycles. The fourth-order valence-corrected chi connectivity index (χ4v) is 3.20. The highest BCUT2D eigenvalue weighted by molar-refractivity contribution is 7.99. The predicted molar refractivity (Wildman–Crippen MR) is 95.4 cm³/mol. The smallest absolute Gasteiger partial charge is 0.268 e. The molecule has 0 radical (unpaired) electrons. The Hall–Kier alpha value is -1.93. The zero-order chi connectivity index (χ0) is 16.9. The lowest BCUT2D eigenvalue weighted by Crippen LogP contribution is -2.46. The number of nitrogens with zero attached hydrogens (tertiary/aromatic N) is 6. The second kappa shape index (κ2) is 7.76. The van der Waals surface area contributed by atoms with Gasteiger partial charge >= 0.3 is 0 Å². The van der Waals surface area contributed by atoms with E-state index in [1.165, 1.54) is 4.68 Å². The highest BCUT2D eigenvalue weighted by Crippen LogP contribution is 2.15. The Balaban J connectivity index is 1.54. The Morgan fingerprint density at radius 1 is 1.12 bits per heavy atom. The lowest BCUT2D eigenvalue weighted by molar-refractivity contribution is 0.249. The molecule has 0 aromatic carbocycles. The first-order valence-electron chi connectivity index (χ1n) is 8.10. The summed E-state index contributed by atoms with van der Waals surface area (Å²) in [5.74, 6) is 0.985. The van der Waals surface area contributed by atoms with E-state index in [1.54, 1.807) is 31.1 Å². The molecule has 0 N–H and O–H groups in total. The molecular formula is C16H22N6OS. The summed E-state index contributed by atoms with van der Waals surface area (Å²) in [6.07, 6.45) is 5.60. The van der Waals surface area contributed by atoms with Gasteiger partial charge in [-0.2, -0.15) is 5.10 Å². The van der Waals surface area contributed by atoms with Crippen LogP contribution in [0.15, 0.2) is 34.6 Å². The molecule has 1 saturated heterocycles. The Morgan fingerprint density at radius 2 is 1.83 bits per heavy atom. The van der Waals surface area contributed by atoms with Crippen LogP contribution >= 0.6 is 11.8 Å². The summed E-state index contributed by atoms with van der Waals surface area (Å²) >= 11 is 1.65. The van der Waals surface area contributed by atoms with E-state index in [2.05, 4.69) is 31.8 Å². The lowest BCUT2D eigenvalue weighted by atomic mass is 10.2. The molecule has 3 heterocycles. The summed E-state index contributed by atoms with van der Waals surface area (Å²) in [5.41, 5.74) is 1.97. The first kappa shape index (κ1) is 16.9. The van der Waals surface area contributed by atoms with Crippen molar-refractivity contribution in [2.75, 3.05) is 36.8 Å². The van der Waals surface area contributed by atoms with E-state index in [-0.39, 0.29) is 5.56 Å². The van der Waals surface area contributed by atoms with Crippen molar-refractivity contribution >= 4 is 17.4 Å². The van der Waals surface area contributed by atoms with E-state index in [4.69, 9.17) is 0 Å². The summed E-state index contributed by atoms with van der Waals surface area (Å²) in [7, 11) is 1.66. The number of hydrogen-bond acceptors (Lipinski definition) is 7. The van der Waals surface area contributed by atoms with Gasteiger partial charge in [-0.15, -0.1) is 0 Å². The maximum absolute atomic E-state index is 11.7. The monoisotopic (exact) mass is 346 g/mol. The molecule has 1 aliphatic rings. The van der Waals surface area contributed by atoms with Gasteiger partial charge in [0.1, 0.15) is 0 Å². The van der Waals surface area contributed by atoms with E-state index in [0.29, 0.717) is 0 Å². The van der Waals surface area contributed by atoms with Crippen LogP contribution in [0.3, 0.4) is 0 Å². The standard InChI is InChI=1S/C16H22N6OS/c1-3-24-16-17-9-13(10-18-16)12-21-4-6-22(7-5-21)14-8-15(23)20(2)19-11-14/h8-11H,3-7,12H2,1-2H3. The van der Waals surface area contributed by atoms with Crippen LogP contribution in [0.5, 0.6) is 0 Å². The third kappa shape index (κ3) is 4.12. The van der Waals surface area contributed by atoms with Gasteiger partial charge in [-0.3, -0.25) is 9.69 Å². The van der Waals surface area contributed by atoms with Crippen molar-refractivity contribution in [1.82, 2.24) is 24.6 Å². The SMILES string of the molecule is CCSc1ncc(CN2CCN(c3cnn(C)c(=O)c3)CC2)cn1. The Bertz CT molecular complexity index is 724. The van der Waals surface area contributed by atoms with Crippen molar-refractivity contribution in [3.8, 4) is 0 Å². The third-order valence-corrected chi connectivity index (χ3v) is 4.81. The molecule has 2 aromatic rings. The number of thioether (sulfide) groups is 1. The minimum Gasteiger partial charge on any atom is -0.368 e. The van der Waals surface area contributed by atoms with Crippen LogP contribution < -0.4 is 10.5 Å². The lowest BCUT2D eigenvalue weighted by Gasteiger charge is -2.35. The number of hydrogen-bond donors (Lipinski definition) is 0. The molecule has 3 rings (SSSR count). The fraction of sp³-hybridized carbons (Fsp3) is 0.500. The van der Waals surface area contributed by atoms with Crippen molar-refractivity contribution in [3.05, 3.63) is 40.6 Å². The Kier molecular flexibility index (Phi) is 5.47. The minimum absolute atomic E-state index is 0.0721. The molecule has 24 heavy (non-hydrogen) atoms. The molecule has 0 spiro atoms. The van der Waals surface area contributed by atoms with Gasteiger partial charge in [0.25, 0.3) is 5.56 Å². The number of anilines is 1. The van der Waals surface area contributed by atoms with Crippen LogP contribution in [0.1, 0.15) is 12.5 Å². The summed E-state index contributed by atoms with van der Waals surface area (Å²) in [5, 5.41) is 4.93. The number of rotatable bonds is 5. The highest BCUT2D eigenvalue weighted by atomic mass is 32.2. The first-order chi connectivity index (χ1) is 11.7. The molecule has 128 valence electrons. The van der Waals surface area contributed by atoms with Crippen LogP contribution in [0.4, 0.5) is 5.69 Å². The first-order valence-corrected chi connectivity index (χ1v) is 9.08. The van der Waals surface area contributed by atoms with Gasteiger partial charge in [0.05, 0.1) is 11.9 Å². The second-order valence-corrected chi connectivity index (χ2v) is 6.98. The largest absolute Gasteiger partial charge is 0.368 e. The minimum atomic E-state index is -0.0721. The van der Waals surface area contributed by atoms with Crippen molar-refractivity contribution in [2.24, 2.45) is 7.05 Å². The van der Waals surface area contributed by atoms with E-state index in [1.807, 2.05) is 12.4 Å². The second-order valence-electron chi connectivity index (χ2n) is 5.75. The zero-order valence-electron chi connectivity index (χ0n) is 14.1. The zero-order valence-corrected chi connectivity index (χ0v) is 14.9. The van der Waals surface area contributed by atoms with Crippen molar-refractivity contribution in [1.29, 1.82) is 0 Å². The molecule has 0 unspecified atom stereocenters. The van der Waals surface area contributed by atoms with Crippen LogP contribution in [-0.4, -0.2) is 56.6 Å². The van der Waals surface area contributed by atoms with Crippen LogP contribution in [0.2, 0.25) is 0 Å². The Labute approximate surface area is 145 Å². The Morgan fingerprint density at radius 3 is 2.46 bits per heavy atom. The van der Waals surface area contributed by atoms with Gasteiger partial charge in [0.2, 0.25) is 0 Å². The van der Waals surface area contributed by atoms with E-state index in [0.717, 1.165) is 54.9 Å². The van der Waals surface area contributed by atoms with Crippen LogP contribution in [0.25, 0.3) is 0 Å². The van der Waals surface area contributed by atoms with Gasteiger partial charge in [0, 0.05) is 63.8 Å². The molecule has 0 amide bonds. The molecule has 0 saturated carbocycles. The number of aryl methyl sites for hydroxylation is 1. The van der Waals surface area contributed by atoms with Gasteiger partial charge < -0.3 is 4.90 Å². The fourth-order valence-electron chi connectivity index (χ4n) is 2.68. The molecule has 7 nitrogen and oxygen atoms in total. The van der Waals surface area contributed by atoms with Crippen molar-refractivity contribution in [2.45, 2.75) is 18.6 Å². The van der Waals surface area contributed by atoms with E-state index < -0.39 is 0 Å². The normalized spacial score (nSPS) is 15.7. The molecule has 8 heteroatoms. The quantitative estimate of drug-likeness (QED) is 0.591. The third-order valence-electron chi connectivity index (χ3n) is 4.05. The molecule has 2 aromatic heterocycles. The summed E-state index contributed by atoms with van der Waals surface area (Å²) in [6.45, 7) is 6.62. The maximum atomic E-state index is 11.7. The predicted octanol–water partition coefficient (Wildman–Crippen LogP) is 1.00. The van der Waals surface area contributed by atoms with Gasteiger partial charge in [-0.25, -0.2) is 14.6 Å². The van der Waals surface area contributed by atoms with Crippen LogP contribution in [-0.2, 0) is 13.6 Å².